The molecule has 0 radical (unpaired) electrons. The first kappa shape index (κ1) is 20.7. The summed E-state index contributed by atoms with van der Waals surface area (Å²) in [5, 5.41) is 9.05. The first-order valence-corrected chi connectivity index (χ1v) is 8.95. The van der Waals surface area contributed by atoms with Gasteiger partial charge in [-0.25, -0.2) is 0 Å². The van der Waals surface area contributed by atoms with E-state index in [1.165, 1.54) is 4.88 Å². The highest BCUT2D eigenvalue weighted by Gasteiger charge is 2.23. The first-order valence-electron chi connectivity index (χ1n) is 8.07. The molecule has 0 amide bonds. The number of aliphatic imine (C=N–C) groups is 1. The average molecular weight is 452 g/mol. The van der Waals surface area contributed by atoms with Gasteiger partial charge < -0.3 is 15.4 Å². The second-order valence-electron chi connectivity index (χ2n) is 5.59. The molecule has 23 heavy (non-hydrogen) atoms. The molecule has 132 valence electrons. The second kappa shape index (κ2) is 11.2. The summed E-state index contributed by atoms with van der Waals surface area (Å²) in [5.41, 5.74) is 0. The Morgan fingerprint density at radius 3 is 2.74 bits per heavy atom. The van der Waals surface area contributed by atoms with Crippen LogP contribution < -0.4 is 10.6 Å². The summed E-state index contributed by atoms with van der Waals surface area (Å²) in [6.07, 6.45) is 1.08. The minimum atomic E-state index is 0. The zero-order valence-electron chi connectivity index (χ0n) is 14.2. The van der Waals surface area contributed by atoms with E-state index in [-0.39, 0.29) is 24.0 Å². The monoisotopic (exact) mass is 452 g/mol. The number of halogens is 1. The van der Waals surface area contributed by atoms with Crippen molar-refractivity contribution in [1.82, 2.24) is 15.5 Å². The highest BCUT2D eigenvalue weighted by Crippen LogP contribution is 2.25. The van der Waals surface area contributed by atoms with Crippen LogP contribution in [0.1, 0.15) is 31.2 Å². The largest absolute Gasteiger partial charge is 0.379 e. The van der Waals surface area contributed by atoms with Crippen LogP contribution in [0, 0.1) is 0 Å². The maximum atomic E-state index is 5.49. The zero-order valence-corrected chi connectivity index (χ0v) is 17.4. The number of hydrogen-bond donors (Lipinski definition) is 2. The standard InChI is InChI=1S/C16H28N4OS.HI/c1-4-13(2)19-16(17-3)18-12-14(15-6-5-11-22-15)20-7-9-21-10-8-20;/h5-6,11,13-14H,4,7-10,12H2,1-3H3,(H2,17,18,19);1H. The topological polar surface area (TPSA) is 48.9 Å². The Kier molecular flexibility index (Phi) is 10.1. The predicted octanol–water partition coefficient (Wildman–Crippen LogP) is 2.70. The number of morpholine rings is 1. The Morgan fingerprint density at radius 1 is 1.43 bits per heavy atom. The molecule has 2 atom stereocenters. The third-order valence-corrected chi connectivity index (χ3v) is 5.01. The highest BCUT2D eigenvalue weighted by atomic mass is 127. The van der Waals surface area contributed by atoms with E-state index in [0.29, 0.717) is 12.1 Å². The lowest BCUT2D eigenvalue weighted by atomic mass is 10.2. The van der Waals surface area contributed by atoms with E-state index in [0.717, 1.165) is 45.2 Å². The van der Waals surface area contributed by atoms with Crippen molar-refractivity contribution < 1.29 is 4.74 Å². The summed E-state index contributed by atoms with van der Waals surface area (Å²) in [6.45, 7) is 8.82. The number of ether oxygens (including phenoxy) is 1. The summed E-state index contributed by atoms with van der Waals surface area (Å²) in [5.74, 6) is 0.879. The van der Waals surface area contributed by atoms with Crippen molar-refractivity contribution >= 4 is 41.3 Å². The molecule has 1 aliphatic heterocycles. The molecule has 0 aromatic carbocycles. The molecule has 7 heteroatoms. The molecule has 1 aromatic rings. The molecule has 0 saturated carbocycles. The second-order valence-corrected chi connectivity index (χ2v) is 6.57. The van der Waals surface area contributed by atoms with Gasteiger partial charge in [-0.1, -0.05) is 13.0 Å². The van der Waals surface area contributed by atoms with Crippen molar-refractivity contribution in [2.24, 2.45) is 4.99 Å². The summed E-state index contributed by atoms with van der Waals surface area (Å²) in [7, 11) is 1.83. The number of rotatable bonds is 6. The molecule has 0 spiro atoms. The van der Waals surface area contributed by atoms with Crippen molar-refractivity contribution in [2.45, 2.75) is 32.4 Å². The maximum absolute atomic E-state index is 5.49. The number of guanidine groups is 1. The first-order chi connectivity index (χ1) is 10.7. The quantitative estimate of drug-likeness (QED) is 0.396. The van der Waals surface area contributed by atoms with Crippen molar-refractivity contribution in [3.05, 3.63) is 22.4 Å². The predicted molar refractivity (Wildman–Crippen MR) is 109 cm³/mol. The SMILES string of the molecule is CCC(C)NC(=NC)NCC(c1cccs1)N1CCOCC1.I. The van der Waals surface area contributed by atoms with E-state index in [1.807, 2.05) is 18.4 Å². The third-order valence-electron chi connectivity index (χ3n) is 4.04. The Hall–Kier alpha value is -0.380. The fourth-order valence-electron chi connectivity index (χ4n) is 2.50. The van der Waals surface area contributed by atoms with Crippen molar-refractivity contribution in [1.29, 1.82) is 0 Å². The van der Waals surface area contributed by atoms with Gasteiger partial charge in [0, 0.05) is 37.6 Å². The van der Waals surface area contributed by atoms with Gasteiger partial charge in [0.2, 0.25) is 0 Å². The van der Waals surface area contributed by atoms with Gasteiger partial charge in [0.05, 0.1) is 19.3 Å². The van der Waals surface area contributed by atoms with Crippen LogP contribution in [0.3, 0.4) is 0 Å². The summed E-state index contributed by atoms with van der Waals surface area (Å²) in [6, 6.07) is 5.14. The highest BCUT2D eigenvalue weighted by molar-refractivity contribution is 14.0. The lowest BCUT2D eigenvalue weighted by Crippen LogP contribution is -2.47. The smallest absolute Gasteiger partial charge is 0.191 e. The molecule has 0 bridgehead atoms. The molecule has 1 aromatic heterocycles. The minimum absolute atomic E-state index is 0. The minimum Gasteiger partial charge on any atom is -0.379 e. The van der Waals surface area contributed by atoms with Gasteiger partial charge in [-0.2, -0.15) is 0 Å². The van der Waals surface area contributed by atoms with Gasteiger partial charge in [0.1, 0.15) is 0 Å². The average Bonchev–Trinajstić information content (AvgIpc) is 3.09. The lowest BCUT2D eigenvalue weighted by molar-refractivity contribution is 0.0177. The van der Waals surface area contributed by atoms with Crippen LogP contribution in [-0.2, 0) is 4.74 Å². The van der Waals surface area contributed by atoms with Crippen LogP contribution in [0.4, 0.5) is 0 Å². The Balaban J connectivity index is 0.00000264. The van der Waals surface area contributed by atoms with Crippen molar-refractivity contribution in [3.63, 3.8) is 0 Å². The molecule has 2 heterocycles. The van der Waals surface area contributed by atoms with Crippen LogP contribution in [0.25, 0.3) is 0 Å². The van der Waals surface area contributed by atoms with Crippen LogP contribution in [0.2, 0.25) is 0 Å². The number of thiophene rings is 1. The van der Waals surface area contributed by atoms with Gasteiger partial charge in [0.15, 0.2) is 5.96 Å². The van der Waals surface area contributed by atoms with Crippen LogP contribution in [0.15, 0.2) is 22.5 Å². The molecule has 2 rings (SSSR count). The molecule has 5 nitrogen and oxygen atoms in total. The third kappa shape index (κ3) is 6.56. The number of hydrogen-bond acceptors (Lipinski definition) is 4. The van der Waals surface area contributed by atoms with Crippen molar-refractivity contribution in [3.8, 4) is 0 Å². The normalized spacial score (nSPS) is 18.8. The Labute approximate surface area is 160 Å². The fourth-order valence-corrected chi connectivity index (χ4v) is 3.36. The van der Waals surface area contributed by atoms with Gasteiger partial charge in [-0.3, -0.25) is 9.89 Å². The van der Waals surface area contributed by atoms with Crippen LogP contribution in [-0.4, -0.2) is 56.8 Å². The molecule has 1 fully saturated rings. The Bertz CT molecular complexity index is 449. The molecule has 1 saturated heterocycles. The zero-order chi connectivity index (χ0) is 15.8. The lowest BCUT2D eigenvalue weighted by Gasteiger charge is -2.34. The molecule has 2 unspecified atom stereocenters. The van der Waals surface area contributed by atoms with Crippen LogP contribution in [0.5, 0.6) is 0 Å². The van der Waals surface area contributed by atoms with Gasteiger partial charge in [0.25, 0.3) is 0 Å². The van der Waals surface area contributed by atoms with E-state index in [9.17, 15) is 0 Å². The maximum Gasteiger partial charge on any atom is 0.191 e. The van der Waals surface area contributed by atoms with E-state index in [2.05, 4.69) is 51.9 Å². The van der Waals surface area contributed by atoms with Gasteiger partial charge >= 0.3 is 0 Å². The Morgan fingerprint density at radius 2 is 2.17 bits per heavy atom. The molecular formula is C16H29IN4OS. The van der Waals surface area contributed by atoms with Gasteiger partial charge in [-0.15, -0.1) is 35.3 Å². The number of nitrogens with zero attached hydrogens (tertiary/aromatic N) is 2. The van der Waals surface area contributed by atoms with Crippen LogP contribution >= 0.6 is 35.3 Å². The summed E-state index contributed by atoms with van der Waals surface area (Å²) >= 11 is 1.82. The van der Waals surface area contributed by atoms with E-state index in [4.69, 9.17) is 4.74 Å². The van der Waals surface area contributed by atoms with E-state index < -0.39 is 0 Å². The summed E-state index contributed by atoms with van der Waals surface area (Å²) in [4.78, 5) is 8.22. The molecule has 2 N–H and O–H groups in total. The summed E-state index contributed by atoms with van der Waals surface area (Å²) < 4.78 is 5.49. The fraction of sp³-hybridized carbons (Fsp3) is 0.688. The van der Waals surface area contributed by atoms with E-state index in [1.54, 1.807) is 0 Å². The molecule has 0 aliphatic carbocycles. The van der Waals surface area contributed by atoms with Gasteiger partial charge in [-0.05, 0) is 24.8 Å². The number of nitrogens with one attached hydrogen (secondary N) is 2. The van der Waals surface area contributed by atoms with Crippen molar-refractivity contribution in [2.75, 3.05) is 39.9 Å². The van der Waals surface area contributed by atoms with E-state index >= 15 is 0 Å². The molecule has 1 aliphatic rings. The molecular weight excluding hydrogens is 423 g/mol.